The Morgan fingerprint density at radius 2 is 1.63 bits per heavy atom. The third-order valence-corrected chi connectivity index (χ3v) is 7.73. The fraction of sp³-hybridized carbons (Fsp3) is 0.579. The van der Waals surface area contributed by atoms with E-state index in [1.54, 1.807) is 36.1 Å². The van der Waals surface area contributed by atoms with E-state index in [0.29, 0.717) is 38.9 Å². The molecule has 0 bridgehead atoms. The number of carboxylic acids is 1. The average molecular weight is 394 g/mol. The normalized spacial score (nSPS) is 24.9. The van der Waals surface area contributed by atoms with Crippen molar-refractivity contribution in [3.05, 3.63) is 29.8 Å². The number of rotatable bonds is 4. The molecule has 2 atom stereocenters. The van der Waals surface area contributed by atoms with Crippen LogP contribution in [0.2, 0.25) is 0 Å². The first-order chi connectivity index (χ1) is 12.7. The van der Waals surface area contributed by atoms with E-state index >= 15 is 0 Å². The van der Waals surface area contributed by atoms with Gasteiger partial charge in [0.05, 0.1) is 10.8 Å². The lowest BCUT2D eigenvalue weighted by atomic mass is 9.95. The van der Waals surface area contributed by atoms with Crippen molar-refractivity contribution in [2.45, 2.75) is 44.0 Å². The Labute approximate surface area is 160 Å². The van der Waals surface area contributed by atoms with Gasteiger partial charge >= 0.3 is 5.97 Å². The molecule has 7 nitrogen and oxygen atoms in total. The largest absolute Gasteiger partial charge is 0.481 e. The summed E-state index contributed by atoms with van der Waals surface area (Å²) in [4.78, 5) is 26.0. The highest BCUT2D eigenvalue weighted by Gasteiger charge is 2.41. The second-order valence-corrected chi connectivity index (χ2v) is 9.43. The third kappa shape index (κ3) is 3.87. The summed E-state index contributed by atoms with van der Waals surface area (Å²) >= 11 is 0. The number of hydrogen-bond acceptors (Lipinski definition) is 4. The number of benzene rings is 1. The van der Waals surface area contributed by atoms with Gasteiger partial charge < -0.3 is 10.0 Å². The molecule has 148 valence electrons. The molecule has 2 aliphatic heterocycles. The lowest BCUT2D eigenvalue weighted by molar-refractivity contribution is -0.143. The van der Waals surface area contributed by atoms with Crippen molar-refractivity contribution in [2.75, 3.05) is 19.6 Å². The number of carbonyl (C=O) groups is 2. The van der Waals surface area contributed by atoms with E-state index in [1.807, 2.05) is 6.92 Å². The predicted octanol–water partition coefficient (Wildman–Crippen LogP) is 1.72. The van der Waals surface area contributed by atoms with Gasteiger partial charge in [-0.1, -0.05) is 17.7 Å². The van der Waals surface area contributed by atoms with Gasteiger partial charge in [-0.15, -0.1) is 0 Å². The number of likely N-dealkylation sites (tertiary alicyclic amines) is 1. The van der Waals surface area contributed by atoms with Crippen LogP contribution in [0, 0.1) is 18.8 Å². The summed E-state index contributed by atoms with van der Waals surface area (Å²) < 4.78 is 27.0. The first-order valence-electron chi connectivity index (χ1n) is 9.32. The maximum Gasteiger partial charge on any atom is 0.308 e. The zero-order valence-corrected chi connectivity index (χ0v) is 16.5. The van der Waals surface area contributed by atoms with E-state index in [-0.39, 0.29) is 22.8 Å². The third-order valence-electron chi connectivity index (χ3n) is 5.82. The molecule has 2 fully saturated rings. The number of nitrogens with zero attached hydrogens (tertiary/aromatic N) is 2. The quantitative estimate of drug-likeness (QED) is 0.839. The van der Waals surface area contributed by atoms with Gasteiger partial charge in [-0.05, 0) is 45.2 Å². The number of piperidine rings is 1. The second kappa shape index (κ2) is 7.59. The van der Waals surface area contributed by atoms with Gasteiger partial charge in [0.2, 0.25) is 15.9 Å². The Kier molecular flexibility index (Phi) is 5.58. The molecule has 0 aliphatic carbocycles. The highest BCUT2D eigenvalue weighted by Crippen LogP contribution is 2.30. The van der Waals surface area contributed by atoms with Crippen LogP contribution in [0.15, 0.2) is 29.2 Å². The van der Waals surface area contributed by atoms with Crippen LogP contribution in [0.4, 0.5) is 0 Å². The van der Waals surface area contributed by atoms with Crippen molar-refractivity contribution >= 4 is 21.9 Å². The minimum Gasteiger partial charge on any atom is -0.481 e. The molecule has 1 amide bonds. The van der Waals surface area contributed by atoms with E-state index in [2.05, 4.69) is 0 Å². The summed E-state index contributed by atoms with van der Waals surface area (Å²) in [5.74, 6) is -1.67. The Bertz CT molecular complexity index is 813. The maximum atomic E-state index is 12.8. The molecular formula is C19H26N2O5S. The average Bonchev–Trinajstić information content (AvgIpc) is 3.03. The lowest BCUT2D eigenvalue weighted by Gasteiger charge is -2.34. The van der Waals surface area contributed by atoms with Gasteiger partial charge in [-0.3, -0.25) is 9.59 Å². The molecule has 2 aliphatic rings. The molecule has 2 heterocycles. The number of amides is 1. The van der Waals surface area contributed by atoms with Gasteiger partial charge in [0, 0.05) is 31.6 Å². The van der Waals surface area contributed by atoms with E-state index in [9.17, 15) is 23.1 Å². The van der Waals surface area contributed by atoms with Crippen LogP contribution in [0.5, 0.6) is 0 Å². The summed E-state index contributed by atoms with van der Waals surface area (Å²) in [7, 11) is -3.55. The number of aliphatic carboxylic acids is 1. The molecular weight excluding hydrogens is 368 g/mol. The van der Waals surface area contributed by atoms with Crippen LogP contribution in [0.1, 0.15) is 31.7 Å². The molecule has 0 spiro atoms. The SMILES string of the molecule is Cc1ccc(S(=O)(=O)N2CCC(C(=O)N3CCC(C(=O)O)C3C)CC2)cc1. The van der Waals surface area contributed by atoms with Crippen molar-refractivity contribution < 1.29 is 23.1 Å². The van der Waals surface area contributed by atoms with Crippen molar-refractivity contribution in [1.29, 1.82) is 0 Å². The maximum absolute atomic E-state index is 12.8. The lowest BCUT2D eigenvalue weighted by Crippen LogP contribution is -2.46. The Balaban J connectivity index is 1.62. The number of carboxylic acid groups (broad SMARTS) is 1. The van der Waals surface area contributed by atoms with Crippen molar-refractivity contribution in [1.82, 2.24) is 9.21 Å². The van der Waals surface area contributed by atoms with Crippen LogP contribution in [-0.4, -0.2) is 60.3 Å². The molecule has 1 aromatic rings. The molecule has 0 radical (unpaired) electrons. The summed E-state index contributed by atoms with van der Waals surface area (Å²) in [6.07, 6.45) is 1.40. The predicted molar refractivity (Wildman–Crippen MR) is 99.6 cm³/mol. The zero-order chi connectivity index (χ0) is 19.8. The minimum absolute atomic E-state index is 0.0429. The van der Waals surface area contributed by atoms with Crippen LogP contribution in [0.3, 0.4) is 0 Å². The number of hydrogen-bond donors (Lipinski definition) is 1. The molecule has 8 heteroatoms. The smallest absolute Gasteiger partial charge is 0.308 e. The zero-order valence-electron chi connectivity index (χ0n) is 15.7. The summed E-state index contributed by atoms with van der Waals surface area (Å²) in [5.41, 5.74) is 0.998. The first-order valence-corrected chi connectivity index (χ1v) is 10.8. The standard InChI is InChI=1S/C19H26N2O5S/c1-13-3-5-16(6-4-13)27(25,26)20-10-7-15(8-11-20)18(22)21-12-9-17(14(21)2)19(23)24/h3-6,14-15,17H,7-12H2,1-2H3,(H,23,24). The summed E-state index contributed by atoms with van der Waals surface area (Å²) in [5, 5.41) is 9.23. The Morgan fingerprint density at radius 3 is 2.15 bits per heavy atom. The van der Waals surface area contributed by atoms with E-state index in [1.165, 1.54) is 4.31 Å². The summed E-state index contributed by atoms with van der Waals surface area (Å²) in [6.45, 7) is 4.75. The van der Waals surface area contributed by atoms with E-state index < -0.39 is 21.9 Å². The number of carbonyl (C=O) groups excluding carboxylic acids is 1. The molecule has 1 aromatic carbocycles. The van der Waals surface area contributed by atoms with Crippen LogP contribution < -0.4 is 0 Å². The van der Waals surface area contributed by atoms with Crippen molar-refractivity contribution in [2.24, 2.45) is 11.8 Å². The van der Waals surface area contributed by atoms with Gasteiger partial charge in [0.15, 0.2) is 0 Å². The number of sulfonamides is 1. The molecule has 27 heavy (non-hydrogen) atoms. The Hall–Kier alpha value is -1.93. The van der Waals surface area contributed by atoms with Gasteiger partial charge in [-0.25, -0.2) is 8.42 Å². The molecule has 2 saturated heterocycles. The number of aryl methyl sites for hydroxylation is 1. The first kappa shape index (κ1) is 19.8. The highest BCUT2D eigenvalue weighted by atomic mass is 32.2. The molecule has 2 unspecified atom stereocenters. The molecule has 0 aromatic heterocycles. The van der Waals surface area contributed by atoms with Gasteiger partial charge in [0.1, 0.15) is 0 Å². The van der Waals surface area contributed by atoms with Crippen molar-refractivity contribution in [3.8, 4) is 0 Å². The molecule has 1 N–H and O–H groups in total. The van der Waals surface area contributed by atoms with Crippen molar-refractivity contribution in [3.63, 3.8) is 0 Å². The second-order valence-electron chi connectivity index (χ2n) is 7.50. The van der Waals surface area contributed by atoms with E-state index in [0.717, 1.165) is 5.56 Å². The van der Waals surface area contributed by atoms with Crippen LogP contribution in [0.25, 0.3) is 0 Å². The highest BCUT2D eigenvalue weighted by molar-refractivity contribution is 7.89. The van der Waals surface area contributed by atoms with Crippen LogP contribution in [-0.2, 0) is 19.6 Å². The molecule has 0 saturated carbocycles. The fourth-order valence-electron chi connectivity index (χ4n) is 4.02. The fourth-order valence-corrected chi connectivity index (χ4v) is 5.49. The van der Waals surface area contributed by atoms with E-state index in [4.69, 9.17) is 0 Å². The summed E-state index contributed by atoms with van der Waals surface area (Å²) in [6, 6.07) is 6.46. The molecule has 3 rings (SSSR count). The topological polar surface area (TPSA) is 95.0 Å². The monoisotopic (exact) mass is 394 g/mol. The Morgan fingerprint density at radius 1 is 1.04 bits per heavy atom. The van der Waals surface area contributed by atoms with Crippen LogP contribution >= 0.6 is 0 Å². The van der Waals surface area contributed by atoms with Gasteiger partial charge in [0.25, 0.3) is 0 Å². The minimum atomic E-state index is -3.55. The van der Waals surface area contributed by atoms with Gasteiger partial charge in [-0.2, -0.15) is 4.31 Å².